The summed E-state index contributed by atoms with van der Waals surface area (Å²) in [6.45, 7) is 3.19. The lowest BCUT2D eigenvalue weighted by molar-refractivity contribution is 1.00. The predicted octanol–water partition coefficient (Wildman–Crippen LogP) is 4.24. The van der Waals surface area contributed by atoms with Gasteiger partial charge in [-0.1, -0.05) is 36.1 Å². The van der Waals surface area contributed by atoms with Crippen molar-refractivity contribution in [3.05, 3.63) is 35.4 Å². The predicted molar refractivity (Wildman–Crippen MR) is 78.7 cm³/mol. The van der Waals surface area contributed by atoms with Crippen LogP contribution in [-0.4, -0.2) is 11.4 Å². The molecule has 1 aliphatic carbocycles. The molecule has 1 aromatic carbocycles. The van der Waals surface area contributed by atoms with Crippen molar-refractivity contribution in [2.24, 2.45) is 5.92 Å². The lowest BCUT2D eigenvalue weighted by atomic mass is 10.2. The fourth-order valence-corrected chi connectivity index (χ4v) is 3.69. The molecule has 1 heterocycles. The summed E-state index contributed by atoms with van der Waals surface area (Å²) in [6.07, 6.45) is 4.78. The van der Waals surface area contributed by atoms with Crippen molar-refractivity contribution < 1.29 is 0 Å². The number of anilines is 1. The molecule has 1 nitrogen and oxygen atoms in total. The highest BCUT2D eigenvalue weighted by Gasteiger charge is 2.28. The zero-order valence-electron chi connectivity index (χ0n) is 9.85. The van der Waals surface area contributed by atoms with Gasteiger partial charge in [-0.2, -0.15) is 0 Å². The third kappa shape index (κ3) is 2.14. The Hall–Kier alpha value is -0.800. The summed E-state index contributed by atoms with van der Waals surface area (Å²) in [7, 11) is 0. The number of nitrogens with zero attached hydrogens (tertiary/aromatic N) is 1. The molecule has 2 aliphatic rings. The number of allylic oxidation sites excluding steroid dienone is 1. The molecule has 0 radical (unpaired) electrons. The van der Waals surface area contributed by atoms with Gasteiger partial charge in [-0.15, -0.1) is 0 Å². The van der Waals surface area contributed by atoms with Gasteiger partial charge in [0, 0.05) is 16.3 Å². The van der Waals surface area contributed by atoms with Gasteiger partial charge in [-0.25, -0.2) is 0 Å². The third-order valence-electron chi connectivity index (χ3n) is 3.20. The molecule has 0 bridgehead atoms. The van der Waals surface area contributed by atoms with Gasteiger partial charge in [0.25, 0.3) is 0 Å². The van der Waals surface area contributed by atoms with Crippen molar-refractivity contribution in [3.63, 3.8) is 0 Å². The van der Waals surface area contributed by atoms with E-state index in [1.165, 1.54) is 28.5 Å². The van der Waals surface area contributed by atoms with Crippen molar-refractivity contribution in [3.8, 4) is 0 Å². The van der Waals surface area contributed by atoms with Gasteiger partial charge in [0.05, 0.1) is 10.7 Å². The Morgan fingerprint density at radius 2 is 2.24 bits per heavy atom. The first-order chi connectivity index (χ1) is 8.29. The number of hydrogen-bond donors (Lipinski definition) is 0. The molecule has 0 saturated heterocycles. The molecule has 3 rings (SSSR count). The summed E-state index contributed by atoms with van der Waals surface area (Å²) >= 11 is 7.31. The van der Waals surface area contributed by atoms with Crippen LogP contribution in [0.3, 0.4) is 0 Å². The lowest BCUT2D eigenvalue weighted by Crippen LogP contribution is -2.17. The first-order valence-corrected chi connectivity index (χ1v) is 7.32. The van der Waals surface area contributed by atoms with Crippen LogP contribution in [0.25, 0.3) is 0 Å². The standard InChI is InChI=1S/C14H15NS2/c1-2-15-11-5-3-4-6-13(11)17-14(15)9-12(16)10-7-8-10/h3-6,9-10H,2,7-8H2,1H3. The fourth-order valence-electron chi connectivity index (χ4n) is 2.09. The Kier molecular flexibility index (Phi) is 2.97. The van der Waals surface area contributed by atoms with Crippen LogP contribution in [0, 0.1) is 5.92 Å². The summed E-state index contributed by atoms with van der Waals surface area (Å²) < 4.78 is 0. The lowest BCUT2D eigenvalue weighted by Gasteiger charge is -2.17. The van der Waals surface area contributed by atoms with E-state index in [0.717, 1.165) is 11.4 Å². The number of thioether (sulfide) groups is 1. The molecule has 0 spiro atoms. The zero-order chi connectivity index (χ0) is 11.8. The fraction of sp³-hybridized carbons (Fsp3) is 0.357. The van der Waals surface area contributed by atoms with Crippen molar-refractivity contribution in [2.75, 3.05) is 11.4 Å². The van der Waals surface area contributed by atoms with Crippen LogP contribution in [-0.2, 0) is 0 Å². The average Bonchev–Trinajstić information content (AvgIpc) is 3.11. The number of benzene rings is 1. The molecule has 88 valence electrons. The van der Waals surface area contributed by atoms with Crippen LogP contribution in [0.4, 0.5) is 5.69 Å². The van der Waals surface area contributed by atoms with Gasteiger partial charge >= 0.3 is 0 Å². The Bertz CT molecular complexity index is 489. The Morgan fingerprint density at radius 3 is 2.94 bits per heavy atom. The van der Waals surface area contributed by atoms with Gasteiger partial charge in [-0.05, 0) is 43.9 Å². The molecule has 0 unspecified atom stereocenters. The number of para-hydroxylation sites is 1. The SMILES string of the molecule is CCN1C(=CC(=S)C2CC2)Sc2ccccc21. The normalized spacial score (nSPS) is 20.8. The van der Waals surface area contributed by atoms with Gasteiger partial charge in [0.1, 0.15) is 0 Å². The zero-order valence-corrected chi connectivity index (χ0v) is 11.5. The van der Waals surface area contributed by atoms with Crippen molar-refractivity contribution in [1.29, 1.82) is 0 Å². The van der Waals surface area contributed by atoms with E-state index in [2.05, 4.69) is 42.2 Å². The summed E-state index contributed by atoms with van der Waals surface area (Å²) in [5, 5.41) is 1.30. The molecular formula is C14H15NS2. The molecule has 1 aliphatic heterocycles. The van der Waals surface area contributed by atoms with Gasteiger partial charge in [0.15, 0.2) is 0 Å². The Labute approximate surface area is 112 Å². The molecular weight excluding hydrogens is 246 g/mol. The minimum Gasteiger partial charge on any atom is -0.335 e. The third-order valence-corrected chi connectivity index (χ3v) is 4.76. The number of hydrogen-bond acceptors (Lipinski definition) is 3. The quantitative estimate of drug-likeness (QED) is 0.592. The molecule has 17 heavy (non-hydrogen) atoms. The molecule has 1 fully saturated rings. The summed E-state index contributed by atoms with van der Waals surface area (Å²) in [5.74, 6) is 0.681. The van der Waals surface area contributed by atoms with Crippen LogP contribution in [0.15, 0.2) is 40.3 Å². The van der Waals surface area contributed by atoms with E-state index in [4.69, 9.17) is 12.2 Å². The summed E-state index contributed by atoms with van der Waals surface area (Å²) in [6, 6.07) is 8.57. The smallest absolute Gasteiger partial charge is 0.0812 e. The molecule has 1 aromatic rings. The summed E-state index contributed by atoms with van der Waals surface area (Å²) in [5.41, 5.74) is 1.32. The first kappa shape index (κ1) is 11.3. The summed E-state index contributed by atoms with van der Waals surface area (Å²) in [4.78, 5) is 4.84. The topological polar surface area (TPSA) is 3.24 Å². The van der Waals surface area contributed by atoms with E-state index in [1.807, 2.05) is 11.8 Å². The average molecular weight is 261 g/mol. The van der Waals surface area contributed by atoms with Crippen molar-refractivity contribution >= 4 is 34.5 Å². The first-order valence-electron chi connectivity index (χ1n) is 6.09. The van der Waals surface area contributed by atoms with E-state index < -0.39 is 0 Å². The largest absolute Gasteiger partial charge is 0.335 e. The van der Waals surface area contributed by atoms with Gasteiger partial charge < -0.3 is 4.90 Å². The number of rotatable bonds is 3. The highest BCUT2D eigenvalue weighted by atomic mass is 32.2. The van der Waals surface area contributed by atoms with Crippen molar-refractivity contribution in [1.82, 2.24) is 0 Å². The van der Waals surface area contributed by atoms with Gasteiger partial charge in [-0.3, -0.25) is 0 Å². The Morgan fingerprint density at radius 1 is 1.47 bits per heavy atom. The van der Waals surface area contributed by atoms with Crippen LogP contribution in [0.5, 0.6) is 0 Å². The van der Waals surface area contributed by atoms with Crippen LogP contribution < -0.4 is 4.90 Å². The van der Waals surface area contributed by atoms with E-state index in [1.54, 1.807) is 0 Å². The van der Waals surface area contributed by atoms with Crippen LogP contribution in [0.1, 0.15) is 19.8 Å². The number of thiocarbonyl (C=S) groups is 1. The van der Waals surface area contributed by atoms with Crippen molar-refractivity contribution in [2.45, 2.75) is 24.7 Å². The molecule has 0 aromatic heterocycles. The second kappa shape index (κ2) is 4.46. The van der Waals surface area contributed by atoms with E-state index in [-0.39, 0.29) is 0 Å². The van der Waals surface area contributed by atoms with E-state index >= 15 is 0 Å². The number of fused-ring (bicyclic) bond motifs is 1. The highest BCUT2D eigenvalue weighted by molar-refractivity contribution is 8.03. The van der Waals surface area contributed by atoms with E-state index in [9.17, 15) is 0 Å². The van der Waals surface area contributed by atoms with Crippen LogP contribution in [0.2, 0.25) is 0 Å². The van der Waals surface area contributed by atoms with Gasteiger partial charge in [0.2, 0.25) is 0 Å². The highest BCUT2D eigenvalue weighted by Crippen LogP contribution is 2.46. The minimum absolute atomic E-state index is 0.681. The molecule has 1 saturated carbocycles. The monoisotopic (exact) mass is 261 g/mol. The maximum Gasteiger partial charge on any atom is 0.0812 e. The maximum atomic E-state index is 5.47. The minimum atomic E-state index is 0.681. The van der Waals surface area contributed by atoms with Crippen LogP contribution >= 0.6 is 24.0 Å². The molecule has 0 amide bonds. The Balaban J connectivity index is 1.91. The maximum absolute atomic E-state index is 5.47. The van der Waals surface area contributed by atoms with E-state index in [0.29, 0.717) is 5.92 Å². The molecule has 0 N–H and O–H groups in total. The molecule has 3 heteroatoms. The second-order valence-electron chi connectivity index (χ2n) is 4.47. The second-order valence-corrected chi connectivity index (χ2v) is 6.01. The molecule has 0 atom stereocenters.